The van der Waals surface area contributed by atoms with Crippen LogP contribution in [0.3, 0.4) is 0 Å². The van der Waals surface area contributed by atoms with Crippen LogP contribution in [-0.4, -0.2) is 60.2 Å². The number of halogens is 1. The Morgan fingerprint density at radius 3 is 2.84 bits per heavy atom. The maximum absolute atomic E-state index is 14.7. The van der Waals surface area contributed by atoms with Gasteiger partial charge in [0.25, 0.3) is 0 Å². The van der Waals surface area contributed by atoms with E-state index in [2.05, 4.69) is 32.1 Å². The topological polar surface area (TPSA) is 97.8 Å². The van der Waals surface area contributed by atoms with Crippen LogP contribution in [0.4, 0.5) is 21.7 Å². The van der Waals surface area contributed by atoms with Crippen LogP contribution in [0.25, 0.3) is 10.2 Å². The summed E-state index contributed by atoms with van der Waals surface area (Å²) in [6.07, 6.45) is 1.19. The zero-order chi connectivity index (χ0) is 26.3. The van der Waals surface area contributed by atoms with Crippen molar-refractivity contribution >= 4 is 44.8 Å². The lowest BCUT2D eigenvalue weighted by Gasteiger charge is -2.26. The van der Waals surface area contributed by atoms with Crippen LogP contribution in [0.15, 0.2) is 66.6 Å². The summed E-state index contributed by atoms with van der Waals surface area (Å²) in [5.41, 5.74) is 1.71. The van der Waals surface area contributed by atoms with E-state index in [0.29, 0.717) is 54.9 Å². The molecule has 0 saturated carbocycles. The summed E-state index contributed by atoms with van der Waals surface area (Å²) in [6.45, 7) is 7.69. The summed E-state index contributed by atoms with van der Waals surface area (Å²) < 4.78 is 32.5. The third kappa shape index (κ3) is 6.43. The number of fused-ring (bicyclic) bond motifs is 1. The molecular weight excluding hydrogens is 509 g/mol. The van der Waals surface area contributed by atoms with Crippen molar-refractivity contribution in [3.63, 3.8) is 0 Å². The fourth-order valence-electron chi connectivity index (χ4n) is 3.84. The quantitative estimate of drug-likeness (QED) is 0.268. The Labute approximate surface area is 222 Å². The fraction of sp³-hybridized carbons (Fsp3) is 0.222. The lowest BCUT2D eigenvalue weighted by Crippen LogP contribution is -2.38. The average molecular weight is 536 g/mol. The minimum Gasteiger partial charge on any atom is -0.489 e. The van der Waals surface area contributed by atoms with Gasteiger partial charge in [-0.15, -0.1) is 11.3 Å². The number of benzene rings is 2. The number of carbonyl (C=O) groups excluding carboxylic acids is 1. The predicted molar refractivity (Wildman–Crippen MR) is 145 cm³/mol. The Balaban J connectivity index is 1.28. The number of carbonyl (C=O) groups is 1. The van der Waals surface area contributed by atoms with Crippen LogP contribution in [0, 0.1) is 5.82 Å². The van der Waals surface area contributed by atoms with E-state index in [9.17, 15) is 9.18 Å². The molecule has 38 heavy (non-hydrogen) atoms. The van der Waals surface area contributed by atoms with Gasteiger partial charge in [-0.2, -0.15) is 4.98 Å². The standard InChI is InChI=1S/C27H26FN5O4S/c1-2-24(34)29-18-4-3-5-20(16-18)37-26-25-22(8-15-38-25)31-27(32-26)30-19-6-7-23(21(28)17-19)36-14-11-33-9-12-35-13-10-33/h2-8,15-17H,1,9-14H2,(H,29,34)(H,30,31,32). The summed E-state index contributed by atoms with van der Waals surface area (Å²) in [5.74, 6) is 0.451. The van der Waals surface area contributed by atoms with E-state index in [1.54, 1.807) is 36.4 Å². The van der Waals surface area contributed by atoms with Crippen LogP contribution in [-0.2, 0) is 9.53 Å². The molecule has 1 aliphatic heterocycles. The highest BCUT2D eigenvalue weighted by Crippen LogP contribution is 2.34. The van der Waals surface area contributed by atoms with E-state index >= 15 is 0 Å². The number of hydrogen-bond donors (Lipinski definition) is 2. The van der Waals surface area contributed by atoms with Gasteiger partial charge in [-0.05, 0) is 41.8 Å². The molecule has 1 fully saturated rings. The molecule has 0 atom stereocenters. The molecule has 1 amide bonds. The number of ether oxygens (including phenoxy) is 3. The second kappa shape index (κ2) is 12.0. The molecule has 0 unspecified atom stereocenters. The normalized spacial score (nSPS) is 13.7. The van der Waals surface area contributed by atoms with E-state index in [1.807, 2.05) is 11.4 Å². The Bertz CT molecular complexity index is 1440. The summed E-state index contributed by atoms with van der Waals surface area (Å²) in [5, 5.41) is 7.64. The van der Waals surface area contributed by atoms with Crippen molar-refractivity contribution < 1.29 is 23.4 Å². The van der Waals surface area contributed by atoms with Gasteiger partial charge in [0, 0.05) is 43.1 Å². The molecule has 3 heterocycles. The fourth-order valence-corrected chi connectivity index (χ4v) is 4.59. The van der Waals surface area contributed by atoms with Crippen LogP contribution in [0.1, 0.15) is 0 Å². The van der Waals surface area contributed by atoms with Crippen molar-refractivity contribution in [2.45, 2.75) is 0 Å². The van der Waals surface area contributed by atoms with Crippen LogP contribution in [0.5, 0.6) is 17.4 Å². The molecule has 196 valence electrons. The Morgan fingerprint density at radius 1 is 1.16 bits per heavy atom. The number of hydrogen-bond acceptors (Lipinski definition) is 9. The summed E-state index contributed by atoms with van der Waals surface area (Å²) in [6, 6.07) is 13.4. The van der Waals surface area contributed by atoms with Crippen molar-refractivity contribution in [1.29, 1.82) is 0 Å². The highest BCUT2D eigenvalue weighted by molar-refractivity contribution is 7.17. The maximum atomic E-state index is 14.7. The third-order valence-corrected chi connectivity index (χ3v) is 6.62. The van der Waals surface area contributed by atoms with E-state index in [0.717, 1.165) is 17.8 Å². The number of amides is 1. The molecule has 2 aromatic heterocycles. The monoisotopic (exact) mass is 535 g/mol. The molecule has 5 rings (SSSR count). The van der Waals surface area contributed by atoms with Gasteiger partial charge < -0.3 is 24.8 Å². The minimum atomic E-state index is -0.483. The second-order valence-corrected chi connectivity index (χ2v) is 9.30. The van der Waals surface area contributed by atoms with Crippen molar-refractivity contribution in [2.75, 3.05) is 50.1 Å². The Hall–Kier alpha value is -4.06. The van der Waals surface area contributed by atoms with Crippen molar-refractivity contribution in [2.24, 2.45) is 0 Å². The molecule has 0 radical (unpaired) electrons. The number of rotatable bonds is 10. The zero-order valence-corrected chi connectivity index (χ0v) is 21.3. The van der Waals surface area contributed by atoms with Gasteiger partial charge in [-0.1, -0.05) is 12.6 Å². The molecule has 2 aromatic carbocycles. The largest absolute Gasteiger partial charge is 0.489 e. The Kier molecular flexibility index (Phi) is 8.07. The van der Waals surface area contributed by atoms with Crippen LogP contribution >= 0.6 is 11.3 Å². The lowest BCUT2D eigenvalue weighted by molar-refractivity contribution is -0.111. The van der Waals surface area contributed by atoms with Crippen LogP contribution < -0.4 is 20.1 Å². The summed E-state index contributed by atoms with van der Waals surface area (Å²) in [7, 11) is 0. The molecule has 0 aliphatic carbocycles. The highest BCUT2D eigenvalue weighted by Gasteiger charge is 2.14. The molecule has 1 saturated heterocycles. The number of aromatic nitrogens is 2. The number of nitrogens with one attached hydrogen (secondary N) is 2. The van der Waals surface area contributed by atoms with Crippen molar-refractivity contribution in [1.82, 2.24) is 14.9 Å². The second-order valence-electron chi connectivity index (χ2n) is 8.38. The Morgan fingerprint density at radius 2 is 2.03 bits per heavy atom. The molecular formula is C27H26FN5O4S. The summed E-state index contributed by atoms with van der Waals surface area (Å²) in [4.78, 5) is 22.9. The van der Waals surface area contributed by atoms with Gasteiger partial charge in [0.05, 0.1) is 18.7 Å². The minimum absolute atomic E-state index is 0.186. The van der Waals surface area contributed by atoms with Crippen molar-refractivity contribution in [3.8, 4) is 17.4 Å². The molecule has 1 aliphatic rings. The zero-order valence-electron chi connectivity index (χ0n) is 20.5. The molecule has 9 nitrogen and oxygen atoms in total. The summed E-state index contributed by atoms with van der Waals surface area (Å²) >= 11 is 1.44. The predicted octanol–water partition coefficient (Wildman–Crippen LogP) is 5.20. The van der Waals surface area contributed by atoms with Gasteiger partial charge in [0.2, 0.25) is 17.7 Å². The highest BCUT2D eigenvalue weighted by atomic mass is 32.1. The van der Waals surface area contributed by atoms with Gasteiger partial charge in [0.15, 0.2) is 11.6 Å². The first-order valence-corrected chi connectivity index (χ1v) is 12.9. The molecule has 4 aromatic rings. The third-order valence-electron chi connectivity index (χ3n) is 5.73. The number of morpholine rings is 1. The first-order chi connectivity index (χ1) is 18.6. The molecule has 11 heteroatoms. The average Bonchev–Trinajstić information content (AvgIpc) is 3.40. The molecule has 0 bridgehead atoms. The number of nitrogens with zero attached hydrogens (tertiary/aromatic N) is 3. The van der Waals surface area contributed by atoms with E-state index < -0.39 is 5.82 Å². The SMILES string of the molecule is C=CC(=O)Nc1cccc(Oc2nc(Nc3ccc(OCCN4CCOCC4)c(F)c3)nc3ccsc23)c1. The van der Waals surface area contributed by atoms with E-state index in [-0.39, 0.29) is 17.6 Å². The van der Waals surface area contributed by atoms with Gasteiger partial charge >= 0.3 is 0 Å². The van der Waals surface area contributed by atoms with Gasteiger partial charge in [-0.25, -0.2) is 9.37 Å². The van der Waals surface area contributed by atoms with E-state index in [4.69, 9.17) is 14.2 Å². The first kappa shape index (κ1) is 25.6. The smallest absolute Gasteiger partial charge is 0.247 e. The maximum Gasteiger partial charge on any atom is 0.247 e. The number of anilines is 3. The molecule has 0 spiro atoms. The number of thiophene rings is 1. The van der Waals surface area contributed by atoms with Crippen molar-refractivity contribution in [3.05, 3.63) is 72.4 Å². The first-order valence-electron chi connectivity index (χ1n) is 12.0. The van der Waals surface area contributed by atoms with Gasteiger partial charge in [-0.3, -0.25) is 9.69 Å². The van der Waals surface area contributed by atoms with Gasteiger partial charge in [0.1, 0.15) is 17.1 Å². The lowest BCUT2D eigenvalue weighted by atomic mass is 10.3. The molecule has 2 N–H and O–H groups in total. The van der Waals surface area contributed by atoms with Crippen LogP contribution in [0.2, 0.25) is 0 Å². The van der Waals surface area contributed by atoms with E-state index in [1.165, 1.54) is 23.5 Å².